The summed E-state index contributed by atoms with van der Waals surface area (Å²) in [5.41, 5.74) is 5.48. The summed E-state index contributed by atoms with van der Waals surface area (Å²) in [4.78, 5) is 25.9. The number of rotatable bonds is 3. The number of nitriles is 1. The fraction of sp³-hybridized carbons (Fsp3) is 0.0870. The van der Waals surface area contributed by atoms with Gasteiger partial charge in [0.25, 0.3) is 5.56 Å². The molecular weight excluding hydrogens is 436 g/mol. The molecule has 9 heteroatoms. The van der Waals surface area contributed by atoms with Gasteiger partial charge in [0.15, 0.2) is 0 Å². The smallest absolute Gasteiger partial charge is 0.337 e. The van der Waals surface area contributed by atoms with Crippen molar-refractivity contribution >= 4 is 34.8 Å². The molecule has 0 fully saturated rings. The third kappa shape index (κ3) is 3.31. The van der Waals surface area contributed by atoms with E-state index in [9.17, 15) is 23.6 Å². The Balaban J connectivity index is 2.15. The van der Waals surface area contributed by atoms with Crippen molar-refractivity contribution in [3.63, 3.8) is 0 Å². The number of hydrogen-bond acceptors (Lipinski definition) is 6. The van der Waals surface area contributed by atoms with Gasteiger partial charge < -0.3 is 10.5 Å². The van der Waals surface area contributed by atoms with E-state index in [2.05, 4.69) is 0 Å². The standard InChI is InChI=1S/C23H15F2N3O3S/c1-31-23(30)19-18(13-7-3-5-9-16(13)25)14(11-26)20(27)28-21(29)17(32-22(19)28)10-12-6-2-4-8-15(12)24/h2-10,18H,27H2,1H3/b17-10-. The van der Waals surface area contributed by atoms with Crippen LogP contribution < -0.4 is 20.5 Å². The molecule has 0 saturated carbocycles. The lowest BCUT2D eigenvalue weighted by atomic mass is 9.83. The fourth-order valence-electron chi connectivity index (χ4n) is 3.61. The molecule has 0 aliphatic carbocycles. The van der Waals surface area contributed by atoms with Crippen molar-refractivity contribution in [2.75, 3.05) is 7.11 Å². The lowest BCUT2D eigenvalue weighted by Crippen LogP contribution is -2.40. The Bertz CT molecular complexity index is 1510. The number of fused-ring (bicyclic) bond motifs is 1. The molecule has 32 heavy (non-hydrogen) atoms. The number of allylic oxidation sites excluding steroid dienone is 1. The van der Waals surface area contributed by atoms with E-state index in [1.807, 2.05) is 6.07 Å². The zero-order chi connectivity index (χ0) is 23.0. The molecule has 1 atom stereocenters. The molecular formula is C23H15F2N3O3S. The van der Waals surface area contributed by atoms with Crippen LogP contribution in [0.25, 0.3) is 17.5 Å². The van der Waals surface area contributed by atoms with Gasteiger partial charge in [-0.25, -0.2) is 13.6 Å². The second-order valence-electron chi connectivity index (χ2n) is 6.85. The predicted molar refractivity (Wildman–Crippen MR) is 115 cm³/mol. The predicted octanol–water partition coefficient (Wildman–Crippen LogP) is 1.79. The molecule has 0 saturated heterocycles. The van der Waals surface area contributed by atoms with E-state index >= 15 is 0 Å². The van der Waals surface area contributed by atoms with Gasteiger partial charge in [0.2, 0.25) is 0 Å². The Morgan fingerprint density at radius 3 is 2.47 bits per heavy atom. The van der Waals surface area contributed by atoms with Crippen molar-refractivity contribution in [2.45, 2.75) is 5.92 Å². The van der Waals surface area contributed by atoms with Crippen molar-refractivity contribution in [1.82, 2.24) is 4.57 Å². The largest absolute Gasteiger partial charge is 0.466 e. The van der Waals surface area contributed by atoms with Crippen LogP contribution in [0.1, 0.15) is 17.0 Å². The van der Waals surface area contributed by atoms with E-state index in [0.717, 1.165) is 23.0 Å². The van der Waals surface area contributed by atoms with Crippen molar-refractivity contribution in [3.8, 4) is 6.07 Å². The maximum absolute atomic E-state index is 14.7. The van der Waals surface area contributed by atoms with Crippen LogP contribution in [0, 0.1) is 23.0 Å². The normalized spacial score (nSPS) is 16.0. The van der Waals surface area contributed by atoms with E-state index in [4.69, 9.17) is 10.5 Å². The lowest BCUT2D eigenvalue weighted by Gasteiger charge is -2.24. The molecule has 2 aromatic carbocycles. The molecule has 1 unspecified atom stereocenters. The van der Waals surface area contributed by atoms with E-state index < -0.39 is 29.1 Å². The van der Waals surface area contributed by atoms with E-state index in [-0.39, 0.29) is 37.3 Å². The number of thiazole rings is 1. The number of carbonyl (C=O) groups excluding carboxylic acids is 1. The van der Waals surface area contributed by atoms with Gasteiger partial charge >= 0.3 is 5.97 Å². The maximum Gasteiger partial charge on any atom is 0.337 e. The van der Waals surface area contributed by atoms with Crippen molar-refractivity contribution in [3.05, 3.63) is 96.4 Å². The fourth-order valence-corrected chi connectivity index (χ4v) is 4.76. The van der Waals surface area contributed by atoms with E-state index in [0.29, 0.717) is 0 Å². The summed E-state index contributed by atoms with van der Waals surface area (Å²) in [5.74, 6) is -3.42. The second-order valence-corrected chi connectivity index (χ2v) is 7.88. The first-order chi connectivity index (χ1) is 15.4. The third-order valence-electron chi connectivity index (χ3n) is 5.08. The van der Waals surface area contributed by atoms with Crippen molar-refractivity contribution in [2.24, 2.45) is 5.73 Å². The highest BCUT2D eigenvalue weighted by Gasteiger charge is 2.37. The van der Waals surface area contributed by atoms with Crippen LogP contribution in [0.4, 0.5) is 8.78 Å². The van der Waals surface area contributed by atoms with Crippen LogP contribution in [0.5, 0.6) is 0 Å². The minimum Gasteiger partial charge on any atom is -0.466 e. The average Bonchev–Trinajstić information content (AvgIpc) is 3.11. The Labute approximate surface area is 184 Å². The molecule has 0 amide bonds. The average molecular weight is 451 g/mol. The van der Waals surface area contributed by atoms with Gasteiger partial charge in [0.05, 0.1) is 34.8 Å². The molecule has 160 valence electrons. The third-order valence-corrected chi connectivity index (χ3v) is 6.19. The first kappa shape index (κ1) is 21.2. The molecule has 1 aliphatic heterocycles. The molecule has 3 aromatic rings. The zero-order valence-corrected chi connectivity index (χ0v) is 17.5. The Kier molecular flexibility index (Phi) is 5.47. The molecule has 0 bridgehead atoms. The van der Waals surface area contributed by atoms with Crippen LogP contribution in [0.15, 0.2) is 58.9 Å². The van der Waals surface area contributed by atoms with Gasteiger partial charge in [-0.2, -0.15) is 5.26 Å². The molecule has 2 N–H and O–H groups in total. The summed E-state index contributed by atoms with van der Waals surface area (Å²) in [6.45, 7) is 0. The number of ether oxygens (including phenoxy) is 1. The van der Waals surface area contributed by atoms with Crippen LogP contribution in [0.2, 0.25) is 0 Å². The van der Waals surface area contributed by atoms with Crippen molar-refractivity contribution < 1.29 is 18.3 Å². The van der Waals surface area contributed by atoms with Crippen LogP contribution in [-0.4, -0.2) is 17.6 Å². The van der Waals surface area contributed by atoms with Crippen LogP contribution in [0.3, 0.4) is 0 Å². The molecule has 6 nitrogen and oxygen atoms in total. The number of methoxy groups -OCH3 is 1. The molecule has 2 heterocycles. The minimum absolute atomic E-state index is 0.0409. The molecule has 0 spiro atoms. The Morgan fingerprint density at radius 2 is 1.84 bits per heavy atom. The first-order valence-corrected chi connectivity index (χ1v) is 10.2. The van der Waals surface area contributed by atoms with Gasteiger partial charge in [0.1, 0.15) is 22.1 Å². The molecule has 4 rings (SSSR count). The van der Waals surface area contributed by atoms with Crippen molar-refractivity contribution in [1.29, 1.82) is 5.26 Å². The summed E-state index contributed by atoms with van der Waals surface area (Å²) in [7, 11) is 1.14. The monoisotopic (exact) mass is 451 g/mol. The highest BCUT2D eigenvalue weighted by molar-refractivity contribution is 7.07. The number of esters is 1. The summed E-state index contributed by atoms with van der Waals surface area (Å²) < 4.78 is 34.9. The van der Waals surface area contributed by atoms with Gasteiger partial charge in [-0.3, -0.25) is 9.36 Å². The second kappa shape index (κ2) is 8.24. The highest BCUT2D eigenvalue weighted by Crippen LogP contribution is 2.37. The SMILES string of the molecule is COC(=O)C1=c2s/c(=C\c3ccccc3F)c(=O)n2C(N)=C(C#N)C1c1ccccc1F. The van der Waals surface area contributed by atoms with Crippen LogP contribution >= 0.6 is 11.3 Å². The number of benzene rings is 2. The Morgan fingerprint density at radius 1 is 1.19 bits per heavy atom. The van der Waals surface area contributed by atoms with Gasteiger partial charge in [-0.1, -0.05) is 36.4 Å². The highest BCUT2D eigenvalue weighted by atomic mass is 32.1. The number of nitrogens with zero attached hydrogens (tertiary/aromatic N) is 2. The van der Waals surface area contributed by atoms with Gasteiger partial charge in [-0.05, 0) is 18.2 Å². The minimum atomic E-state index is -1.17. The van der Waals surface area contributed by atoms with E-state index in [1.165, 1.54) is 42.5 Å². The summed E-state index contributed by atoms with van der Waals surface area (Å²) in [6, 6.07) is 13.4. The number of hydrogen-bond donors (Lipinski definition) is 1. The topological polar surface area (TPSA) is 98.1 Å². The van der Waals surface area contributed by atoms with Gasteiger partial charge in [0, 0.05) is 11.1 Å². The number of aromatic nitrogens is 1. The first-order valence-electron chi connectivity index (χ1n) is 9.34. The summed E-state index contributed by atoms with van der Waals surface area (Å²) in [6.07, 6.45) is 1.33. The number of nitrogens with two attached hydrogens (primary N) is 1. The number of carbonyl (C=O) groups is 1. The summed E-state index contributed by atoms with van der Waals surface area (Å²) >= 11 is 0.882. The van der Waals surface area contributed by atoms with Crippen LogP contribution in [-0.2, 0) is 9.53 Å². The van der Waals surface area contributed by atoms with Gasteiger partial charge in [-0.15, -0.1) is 11.3 Å². The Hall–Kier alpha value is -4.03. The van der Waals surface area contributed by atoms with E-state index in [1.54, 1.807) is 12.1 Å². The zero-order valence-electron chi connectivity index (χ0n) is 16.6. The molecule has 0 radical (unpaired) electrons. The number of halogens is 2. The molecule has 1 aromatic heterocycles. The lowest BCUT2D eigenvalue weighted by molar-refractivity contribution is -0.134. The summed E-state index contributed by atoms with van der Waals surface area (Å²) in [5, 5.41) is 9.81. The molecule has 1 aliphatic rings. The quantitative estimate of drug-likeness (QED) is 0.613. The maximum atomic E-state index is 14.7.